The SMILES string of the molecule is NCCCCC(N)C(=O)NC(CC(=O)O)C(=O)NC(CCC(N)=O)C(=O)NC(CCCCN)C(=O)O. The number of unbranched alkanes of at least 4 members (excludes halogenated alkanes) is 2. The van der Waals surface area contributed by atoms with Crippen molar-refractivity contribution in [3.8, 4) is 0 Å². The van der Waals surface area contributed by atoms with E-state index in [0.717, 1.165) is 0 Å². The summed E-state index contributed by atoms with van der Waals surface area (Å²) in [6.07, 6.45) is 1.04. The summed E-state index contributed by atoms with van der Waals surface area (Å²) in [5.41, 5.74) is 21.7. The molecule has 15 heteroatoms. The number of primary amides is 1. The van der Waals surface area contributed by atoms with Gasteiger partial charge >= 0.3 is 11.9 Å². The van der Waals surface area contributed by atoms with E-state index >= 15 is 0 Å². The van der Waals surface area contributed by atoms with E-state index in [1.54, 1.807) is 0 Å². The molecular formula is C21H39N7O8. The summed E-state index contributed by atoms with van der Waals surface area (Å²) in [5, 5.41) is 25.4. The van der Waals surface area contributed by atoms with Crippen molar-refractivity contribution in [1.29, 1.82) is 0 Å². The van der Waals surface area contributed by atoms with E-state index < -0.39 is 66.2 Å². The summed E-state index contributed by atoms with van der Waals surface area (Å²) in [6.45, 7) is 0.744. The Morgan fingerprint density at radius 1 is 0.667 bits per heavy atom. The van der Waals surface area contributed by atoms with Crippen LogP contribution in [-0.2, 0) is 28.8 Å². The fraction of sp³-hybridized carbons (Fsp3) is 0.714. The molecule has 0 bridgehead atoms. The third-order valence-electron chi connectivity index (χ3n) is 5.19. The van der Waals surface area contributed by atoms with Crippen molar-refractivity contribution in [3.05, 3.63) is 0 Å². The van der Waals surface area contributed by atoms with Gasteiger partial charge in [-0.1, -0.05) is 6.42 Å². The van der Waals surface area contributed by atoms with Crippen LogP contribution < -0.4 is 38.9 Å². The van der Waals surface area contributed by atoms with Crippen molar-refractivity contribution in [2.45, 2.75) is 82.0 Å². The van der Waals surface area contributed by atoms with Gasteiger partial charge in [-0.3, -0.25) is 24.0 Å². The third kappa shape index (κ3) is 14.2. The number of nitrogens with one attached hydrogen (secondary N) is 3. The summed E-state index contributed by atoms with van der Waals surface area (Å²) in [6, 6.07) is -5.30. The van der Waals surface area contributed by atoms with Gasteiger partial charge in [0.15, 0.2) is 0 Å². The molecule has 0 saturated heterocycles. The van der Waals surface area contributed by atoms with Crippen molar-refractivity contribution in [3.63, 3.8) is 0 Å². The lowest BCUT2D eigenvalue weighted by Crippen LogP contribution is -2.57. The average molecular weight is 518 g/mol. The van der Waals surface area contributed by atoms with Crippen LogP contribution in [0, 0.1) is 0 Å². The summed E-state index contributed by atoms with van der Waals surface area (Å²) in [4.78, 5) is 72.0. The Morgan fingerprint density at radius 3 is 1.67 bits per heavy atom. The standard InChI is InChI=1S/C21H39N7O8/c22-9-3-1-5-12(24)18(32)28-15(11-17(30)31)20(34)26-13(7-8-16(25)29)19(33)27-14(21(35)36)6-2-4-10-23/h12-15H,1-11,22-24H2,(H2,25,29)(H,26,34)(H,27,33)(H,28,32)(H,30,31)(H,35,36). The second-order valence-electron chi connectivity index (χ2n) is 8.30. The molecule has 13 N–H and O–H groups in total. The molecule has 206 valence electrons. The molecule has 0 aromatic heterocycles. The van der Waals surface area contributed by atoms with Crippen LogP contribution in [0.15, 0.2) is 0 Å². The molecule has 0 aliphatic rings. The number of carboxylic acid groups (broad SMARTS) is 2. The van der Waals surface area contributed by atoms with E-state index in [4.69, 9.17) is 28.0 Å². The number of amides is 4. The zero-order chi connectivity index (χ0) is 27.7. The number of rotatable bonds is 20. The normalized spacial score (nSPS) is 14.1. The van der Waals surface area contributed by atoms with E-state index in [9.17, 15) is 33.9 Å². The maximum Gasteiger partial charge on any atom is 0.326 e. The first-order chi connectivity index (χ1) is 16.9. The van der Waals surface area contributed by atoms with Gasteiger partial charge in [0.2, 0.25) is 23.6 Å². The zero-order valence-electron chi connectivity index (χ0n) is 20.2. The molecule has 0 aromatic carbocycles. The van der Waals surface area contributed by atoms with Crippen LogP contribution in [-0.4, -0.2) is 83.0 Å². The number of nitrogens with two attached hydrogens (primary N) is 4. The molecule has 4 unspecified atom stereocenters. The number of carbonyl (C=O) groups excluding carboxylic acids is 4. The number of aliphatic carboxylic acids is 2. The second-order valence-corrected chi connectivity index (χ2v) is 8.30. The molecule has 0 fully saturated rings. The highest BCUT2D eigenvalue weighted by atomic mass is 16.4. The average Bonchev–Trinajstić information content (AvgIpc) is 2.79. The molecule has 4 atom stereocenters. The first-order valence-corrected chi connectivity index (χ1v) is 11.7. The largest absolute Gasteiger partial charge is 0.481 e. The van der Waals surface area contributed by atoms with E-state index in [0.29, 0.717) is 38.8 Å². The van der Waals surface area contributed by atoms with Crippen LogP contribution in [0.5, 0.6) is 0 Å². The van der Waals surface area contributed by atoms with Gasteiger partial charge in [-0.05, 0) is 51.6 Å². The first kappa shape index (κ1) is 32.7. The predicted molar refractivity (Wildman–Crippen MR) is 128 cm³/mol. The molecular weight excluding hydrogens is 478 g/mol. The molecule has 0 aliphatic carbocycles. The molecule has 0 saturated carbocycles. The van der Waals surface area contributed by atoms with E-state index in [1.807, 2.05) is 0 Å². The van der Waals surface area contributed by atoms with Crippen LogP contribution in [0.3, 0.4) is 0 Å². The highest BCUT2D eigenvalue weighted by Crippen LogP contribution is 2.06. The quantitative estimate of drug-likeness (QED) is 0.0726. The summed E-state index contributed by atoms with van der Waals surface area (Å²) in [5.74, 6) is -6.20. The Hall–Kier alpha value is -3.30. The maximum atomic E-state index is 12.8. The topological polar surface area (TPSA) is 283 Å². The summed E-state index contributed by atoms with van der Waals surface area (Å²) in [7, 11) is 0. The number of hydrogen-bond acceptors (Lipinski definition) is 9. The van der Waals surface area contributed by atoms with Gasteiger partial charge in [-0.2, -0.15) is 0 Å². The van der Waals surface area contributed by atoms with Gasteiger partial charge in [-0.25, -0.2) is 4.79 Å². The fourth-order valence-electron chi connectivity index (χ4n) is 3.15. The monoisotopic (exact) mass is 517 g/mol. The molecule has 15 nitrogen and oxygen atoms in total. The van der Waals surface area contributed by atoms with Crippen LogP contribution in [0.25, 0.3) is 0 Å². The third-order valence-corrected chi connectivity index (χ3v) is 5.19. The van der Waals surface area contributed by atoms with Crippen LogP contribution in [0.2, 0.25) is 0 Å². The van der Waals surface area contributed by atoms with Gasteiger partial charge in [0.1, 0.15) is 18.1 Å². The maximum absolute atomic E-state index is 12.8. The van der Waals surface area contributed by atoms with Crippen molar-refractivity contribution in [2.24, 2.45) is 22.9 Å². The van der Waals surface area contributed by atoms with E-state index in [-0.39, 0.29) is 25.7 Å². The lowest BCUT2D eigenvalue weighted by molar-refractivity contribution is -0.143. The Kier molecular flexibility index (Phi) is 16.4. The minimum atomic E-state index is -1.58. The van der Waals surface area contributed by atoms with Crippen molar-refractivity contribution in [2.75, 3.05) is 13.1 Å². The second kappa shape index (κ2) is 18.0. The Morgan fingerprint density at radius 2 is 1.17 bits per heavy atom. The Bertz CT molecular complexity index is 765. The lowest BCUT2D eigenvalue weighted by atomic mass is 10.1. The van der Waals surface area contributed by atoms with E-state index in [2.05, 4.69) is 16.0 Å². The summed E-state index contributed by atoms with van der Waals surface area (Å²) < 4.78 is 0. The molecule has 0 spiro atoms. The van der Waals surface area contributed by atoms with Crippen LogP contribution >= 0.6 is 0 Å². The van der Waals surface area contributed by atoms with Gasteiger partial charge < -0.3 is 49.1 Å². The molecule has 36 heavy (non-hydrogen) atoms. The molecule has 4 amide bonds. The predicted octanol–water partition coefficient (Wildman–Crippen LogP) is -3.15. The highest BCUT2D eigenvalue weighted by molar-refractivity contribution is 5.95. The van der Waals surface area contributed by atoms with Gasteiger partial charge in [0.05, 0.1) is 12.5 Å². The molecule has 0 aromatic rings. The number of hydrogen-bond donors (Lipinski definition) is 9. The molecule has 0 rings (SSSR count). The van der Waals surface area contributed by atoms with Gasteiger partial charge in [0.25, 0.3) is 0 Å². The number of carbonyl (C=O) groups is 6. The van der Waals surface area contributed by atoms with Gasteiger partial charge in [-0.15, -0.1) is 0 Å². The van der Waals surface area contributed by atoms with Crippen molar-refractivity contribution in [1.82, 2.24) is 16.0 Å². The first-order valence-electron chi connectivity index (χ1n) is 11.7. The van der Waals surface area contributed by atoms with E-state index in [1.165, 1.54) is 0 Å². The van der Waals surface area contributed by atoms with Crippen LogP contribution in [0.1, 0.15) is 57.8 Å². The van der Waals surface area contributed by atoms with Crippen LogP contribution in [0.4, 0.5) is 0 Å². The van der Waals surface area contributed by atoms with Crippen molar-refractivity contribution < 1.29 is 39.0 Å². The Balaban J connectivity index is 5.48. The fourth-order valence-corrected chi connectivity index (χ4v) is 3.15. The zero-order valence-corrected chi connectivity index (χ0v) is 20.2. The molecule has 0 aliphatic heterocycles. The molecule has 0 radical (unpaired) electrons. The minimum absolute atomic E-state index is 0.0779. The van der Waals surface area contributed by atoms with Gasteiger partial charge in [0, 0.05) is 6.42 Å². The van der Waals surface area contributed by atoms with Crippen molar-refractivity contribution >= 4 is 35.6 Å². The highest BCUT2D eigenvalue weighted by Gasteiger charge is 2.31. The lowest BCUT2D eigenvalue weighted by Gasteiger charge is -2.24. The number of carboxylic acids is 2. The molecule has 0 heterocycles. The smallest absolute Gasteiger partial charge is 0.326 e. The summed E-state index contributed by atoms with van der Waals surface area (Å²) >= 11 is 0. The Labute approximate surface area is 209 Å². The minimum Gasteiger partial charge on any atom is -0.481 e.